The molecule has 1 saturated carbocycles. The van der Waals surface area contributed by atoms with E-state index in [0.717, 1.165) is 47.3 Å². The van der Waals surface area contributed by atoms with Gasteiger partial charge in [0.15, 0.2) is 0 Å². The minimum absolute atomic E-state index is 0.156. The van der Waals surface area contributed by atoms with E-state index in [4.69, 9.17) is 9.84 Å². The van der Waals surface area contributed by atoms with E-state index >= 15 is 0 Å². The van der Waals surface area contributed by atoms with Crippen LogP contribution in [0.2, 0.25) is 0 Å². The summed E-state index contributed by atoms with van der Waals surface area (Å²) >= 11 is 0. The average Bonchev–Trinajstić information content (AvgIpc) is 3.63. The molecule has 0 radical (unpaired) electrons. The third kappa shape index (κ3) is 5.96. The van der Waals surface area contributed by atoms with Crippen LogP contribution in [0.25, 0.3) is 22.2 Å². The summed E-state index contributed by atoms with van der Waals surface area (Å²) in [5.74, 6) is -0.156. The average molecular weight is 530 g/mol. The summed E-state index contributed by atoms with van der Waals surface area (Å²) in [5, 5.41) is 6.15. The summed E-state index contributed by atoms with van der Waals surface area (Å²) in [6.07, 6.45) is 10.7. The van der Waals surface area contributed by atoms with Gasteiger partial charge in [0.1, 0.15) is 5.82 Å². The van der Waals surface area contributed by atoms with Gasteiger partial charge in [-0.1, -0.05) is 24.3 Å². The third-order valence-corrected chi connectivity index (χ3v) is 8.80. The highest BCUT2D eigenvalue weighted by atomic mass is 19.1. The molecule has 3 heterocycles. The minimum Gasteiger partial charge on any atom is -0.385 e. The second-order valence-corrected chi connectivity index (χ2v) is 11.2. The smallest absolute Gasteiger partial charge is 0.126 e. The van der Waals surface area contributed by atoms with Crippen LogP contribution in [0.15, 0.2) is 60.9 Å². The molecule has 2 aromatic heterocycles. The number of nitrogens with zero attached hydrogens (tertiary/aromatic N) is 4. The van der Waals surface area contributed by atoms with Gasteiger partial charge in [0, 0.05) is 87.8 Å². The van der Waals surface area contributed by atoms with Crippen LogP contribution in [0, 0.1) is 5.82 Å². The normalized spacial score (nSPS) is 21.1. The lowest BCUT2D eigenvalue weighted by Gasteiger charge is -2.42. The van der Waals surface area contributed by atoms with Gasteiger partial charge in [-0.3, -0.25) is 9.58 Å². The van der Waals surface area contributed by atoms with Gasteiger partial charge in [-0.15, -0.1) is 0 Å². The molecule has 39 heavy (non-hydrogen) atoms. The number of fused-ring (bicyclic) bond motifs is 1. The molecule has 1 aliphatic heterocycles. The number of benzene rings is 2. The minimum atomic E-state index is -0.156. The van der Waals surface area contributed by atoms with Crippen molar-refractivity contribution in [2.24, 2.45) is 0 Å². The number of aromatic amines is 1. The van der Waals surface area contributed by atoms with Crippen LogP contribution in [-0.4, -0.2) is 77.0 Å². The number of ether oxygens (including phenoxy) is 1. The standard InChI is InChI=1S/C32H40FN5O/c1-39-20-4-14-36-16-18-37(19-17-36)27-8-10-28(11-9-27)38-15-13-31(35-38)25-7-12-32-29(22-25)26(23-34-32)21-24-5-2-3-6-30(24)33/h2-3,5-7,12-13,15,22-23,27-28,34H,4,8-11,14,16-21H2,1H3. The molecule has 1 saturated heterocycles. The first-order valence-electron chi connectivity index (χ1n) is 14.5. The van der Waals surface area contributed by atoms with Crippen LogP contribution < -0.4 is 0 Å². The molecule has 1 N–H and O–H groups in total. The van der Waals surface area contributed by atoms with Crippen LogP contribution >= 0.6 is 0 Å². The van der Waals surface area contributed by atoms with E-state index < -0.39 is 0 Å². The number of hydrogen-bond donors (Lipinski definition) is 1. The SMILES string of the molecule is COCCCN1CCN(C2CCC(n3ccc(-c4ccc5[nH]cc(Cc6ccccc6F)c5c4)n3)CC2)CC1. The Morgan fingerprint density at radius 2 is 1.74 bits per heavy atom. The van der Waals surface area contributed by atoms with E-state index in [1.807, 2.05) is 18.3 Å². The molecular weight excluding hydrogens is 489 g/mol. The molecule has 4 aromatic rings. The molecule has 2 aliphatic rings. The number of rotatable bonds is 9. The third-order valence-electron chi connectivity index (χ3n) is 8.80. The predicted molar refractivity (Wildman–Crippen MR) is 155 cm³/mol. The number of aromatic nitrogens is 3. The summed E-state index contributed by atoms with van der Waals surface area (Å²) in [6, 6.07) is 16.8. The Hall–Kier alpha value is -3.00. The fraction of sp³-hybridized carbons (Fsp3) is 0.469. The Morgan fingerprint density at radius 1 is 0.949 bits per heavy atom. The largest absolute Gasteiger partial charge is 0.385 e. The molecule has 2 fully saturated rings. The Labute approximate surface area is 230 Å². The van der Waals surface area contributed by atoms with Crippen molar-refractivity contribution in [3.05, 3.63) is 77.9 Å². The number of nitrogens with one attached hydrogen (secondary N) is 1. The summed E-state index contributed by atoms with van der Waals surface area (Å²) < 4.78 is 21.7. The van der Waals surface area contributed by atoms with Gasteiger partial charge in [-0.25, -0.2) is 4.39 Å². The monoisotopic (exact) mass is 529 g/mol. The van der Waals surface area contributed by atoms with Crippen LogP contribution in [0.3, 0.4) is 0 Å². The van der Waals surface area contributed by atoms with Crippen LogP contribution in [0.4, 0.5) is 4.39 Å². The molecule has 6 rings (SSSR count). The van der Waals surface area contributed by atoms with E-state index in [1.54, 1.807) is 13.2 Å². The molecule has 6 nitrogen and oxygen atoms in total. The second-order valence-electron chi connectivity index (χ2n) is 11.2. The molecular formula is C32H40FN5O. The molecule has 0 atom stereocenters. The number of methoxy groups -OCH3 is 1. The predicted octanol–water partition coefficient (Wildman–Crippen LogP) is 5.90. The summed E-state index contributed by atoms with van der Waals surface area (Å²) in [7, 11) is 1.79. The zero-order chi connectivity index (χ0) is 26.6. The van der Waals surface area contributed by atoms with Crippen molar-refractivity contribution in [3.63, 3.8) is 0 Å². The maximum atomic E-state index is 14.3. The number of halogens is 1. The number of H-pyrrole nitrogens is 1. The van der Waals surface area contributed by atoms with Crippen LogP contribution in [-0.2, 0) is 11.2 Å². The fourth-order valence-corrected chi connectivity index (χ4v) is 6.50. The van der Waals surface area contributed by atoms with Gasteiger partial charge in [-0.05, 0) is 67.5 Å². The Morgan fingerprint density at radius 3 is 2.54 bits per heavy atom. The van der Waals surface area contributed by atoms with Gasteiger partial charge < -0.3 is 14.6 Å². The first kappa shape index (κ1) is 26.2. The molecule has 7 heteroatoms. The van der Waals surface area contributed by atoms with Crippen molar-refractivity contribution in [2.75, 3.05) is 46.4 Å². The molecule has 0 bridgehead atoms. The topological polar surface area (TPSA) is 49.3 Å². The van der Waals surface area contributed by atoms with Crippen molar-refractivity contribution in [2.45, 2.75) is 50.6 Å². The van der Waals surface area contributed by atoms with Crippen molar-refractivity contribution >= 4 is 10.9 Å². The highest BCUT2D eigenvalue weighted by Crippen LogP contribution is 2.33. The maximum absolute atomic E-state index is 14.3. The molecule has 2 aromatic carbocycles. The molecule has 0 unspecified atom stereocenters. The zero-order valence-electron chi connectivity index (χ0n) is 23.0. The molecule has 1 aliphatic carbocycles. The highest BCUT2D eigenvalue weighted by molar-refractivity contribution is 5.87. The zero-order valence-corrected chi connectivity index (χ0v) is 23.0. The van der Waals surface area contributed by atoms with Crippen molar-refractivity contribution in [1.82, 2.24) is 24.6 Å². The number of piperazine rings is 1. The van der Waals surface area contributed by atoms with E-state index in [2.05, 4.69) is 49.9 Å². The quantitative estimate of drug-likeness (QED) is 0.274. The fourth-order valence-electron chi connectivity index (χ4n) is 6.50. The van der Waals surface area contributed by atoms with Crippen molar-refractivity contribution < 1.29 is 9.13 Å². The maximum Gasteiger partial charge on any atom is 0.126 e. The molecule has 206 valence electrons. The lowest BCUT2D eigenvalue weighted by Crippen LogP contribution is -2.51. The Kier molecular flexibility index (Phi) is 8.09. The van der Waals surface area contributed by atoms with Gasteiger partial charge in [0.25, 0.3) is 0 Å². The lowest BCUT2D eigenvalue weighted by molar-refractivity contribution is 0.0659. The van der Waals surface area contributed by atoms with Crippen molar-refractivity contribution in [3.8, 4) is 11.3 Å². The first-order valence-corrected chi connectivity index (χ1v) is 14.5. The summed E-state index contributed by atoms with van der Waals surface area (Å²) in [6.45, 7) is 6.75. The van der Waals surface area contributed by atoms with E-state index in [0.29, 0.717) is 24.1 Å². The van der Waals surface area contributed by atoms with Gasteiger partial charge in [0.05, 0.1) is 11.7 Å². The van der Waals surface area contributed by atoms with E-state index in [-0.39, 0.29) is 5.82 Å². The van der Waals surface area contributed by atoms with Crippen LogP contribution in [0.5, 0.6) is 0 Å². The molecule has 0 amide bonds. The second kappa shape index (κ2) is 12.0. The molecule has 0 spiro atoms. The van der Waals surface area contributed by atoms with Crippen LogP contribution in [0.1, 0.15) is 49.3 Å². The van der Waals surface area contributed by atoms with E-state index in [1.165, 1.54) is 57.9 Å². The van der Waals surface area contributed by atoms with Gasteiger partial charge in [0.2, 0.25) is 0 Å². The van der Waals surface area contributed by atoms with Crippen molar-refractivity contribution in [1.29, 1.82) is 0 Å². The number of hydrogen-bond acceptors (Lipinski definition) is 4. The van der Waals surface area contributed by atoms with E-state index in [9.17, 15) is 4.39 Å². The lowest BCUT2D eigenvalue weighted by atomic mass is 9.90. The highest BCUT2D eigenvalue weighted by Gasteiger charge is 2.29. The van der Waals surface area contributed by atoms with Gasteiger partial charge >= 0.3 is 0 Å². The summed E-state index contributed by atoms with van der Waals surface area (Å²) in [5.41, 5.74) is 4.99. The Bertz CT molecular complexity index is 1360. The summed E-state index contributed by atoms with van der Waals surface area (Å²) in [4.78, 5) is 8.66. The first-order chi connectivity index (χ1) is 19.2. The Balaban J connectivity index is 1.07. The van der Waals surface area contributed by atoms with Gasteiger partial charge in [-0.2, -0.15) is 5.10 Å².